The van der Waals surface area contributed by atoms with E-state index in [0.29, 0.717) is 12.0 Å². The molecule has 0 aromatic heterocycles. The van der Waals surface area contributed by atoms with Crippen molar-refractivity contribution in [2.45, 2.75) is 38.5 Å². The summed E-state index contributed by atoms with van der Waals surface area (Å²) in [4.78, 5) is 6.56. The fourth-order valence-corrected chi connectivity index (χ4v) is 2.39. The van der Waals surface area contributed by atoms with Crippen LogP contribution in [0, 0.1) is 0 Å². The van der Waals surface area contributed by atoms with E-state index in [1.807, 2.05) is 18.2 Å². The molecule has 1 aromatic carbocycles. The largest absolute Gasteiger partial charge is 0.379 e. The van der Waals surface area contributed by atoms with Gasteiger partial charge in [0.1, 0.15) is 0 Å². The highest BCUT2D eigenvalue weighted by Crippen LogP contribution is 2.23. The SMILES string of the molecule is COC(C)(C)CC1CN=C(N)N1Cc1ccccc1. The van der Waals surface area contributed by atoms with Crippen LogP contribution < -0.4 is 5.73 Å². The molecule has 2 rings (SSSR count). The molecule has 0 saturated heterocycles. The Hall–Kier alpha value is -1.55. The Balaban J connectivity index is 2.06. The number of hydrogen-bond acceptors (Lipinski definition) is 4. The average Bonchev–Trinajstić information content (AvgIpc) is 2.72. The first-order chi connectivity index (χ1) is 9.02. The number of aliphatic imine (C=N–C) groups is 1. The van der Waals surface area contributed by atoms with E-state index in [1.54, 1.807) is 7.11 Å². The Labute approximate surface area is 115 Å². The number of ether oxygens (including phenoxy) is 1. The molecule has 1 atom stereocenters. The van der Waals surface area contributed by atoms with Gasteiger partial charge in [0.25, 0.3) is 0 Å². The van der Waals surface area contributed by atoms with Gasteiger partial charge in [0, 0.05) is 13.7 Å². The van der Waals surface area contributed by atoms with Gasteiger partial charge in [-0.2, -0.15) is 0 Å². The number of methoxy groups -OCH3 is 1. The second-order valence-corrected chi connectivity index (χ2v) is 5.63. The van der Waals surface area contributed by atoms with Crippen LogP contribution in [0.2, 0.25) is 0 Å². The van der Waals surface area contributed by atoms with Crippen molar-refractivity contribution in [1.82, 2.24) is 4.90 Å². The van der Waals surface area contributed by atoms with Gasteiger partial charge in [-0.1, -0.05) is 30.3 Å². The van der Waals surface area contributed by atoms with Crippen LogP contribution in [0.5, 0.6) is 0 Å². The third-order valence-electron chi connectivity index (χ3n) is 3.67. The van der Waals surface area contributed by atoms with Crippen LogP contribution in [-0.4, -0.2) is 36.2 Å². The first-order valence-corrected chi connectivity index (χ1v) is 6.67. The molecule has 1 unspecified atom stereocenters. The summed E-state index contributed by atoms with van der Waals surface area (Å²) >= 11 is 0. The molecule has 0 radical (unpaired) electrons. The number of guanidine groups is 1. The highest BCUT2D eigenvalue weighted by molar-refractivity contribution is 5.80. The van der Waals surface area contributed by atoms with Gasteiger partial charge < -0.3 is 15.4 Å². The minimum atomic E-state index is -0.153. The van der Waals surface area contributed by atoms with Gasteiger partial charge in [0.05, 0.1) is 18.2 Å². The minimum absolute atomic E-state index is 0.153. The molecule has 1 heterocycles. The second kappa shape index (κ2) is 5.61. The van der Waals surface area contributed by atoms with Crippen molar-refractivity contribution < 1.29 is 4.74 Å². The summed E-state index contributed by atoms with van der Waals surface area (Å²) in [5.74, 6) is 0.640. The lowest BCUT2D eigenvalue weighted by Crippen LogP contribution is -2.43. The molecule has 2 N–H and O–H groups in total. The predicted molar refractivity (Wildman–Crippen MR) is 78.0 cm³/mol. The highest BCUT2D eigenvalue weighted by Gasteiger charge is 2.31. The quantitative estimate of drug-likeness (QED) is 0.882. The normalized spacial score (nSPS) is 19.6. The molecule has 0 amide bonds. The topological polar surface area (TPSA) is 50.9 Å². The maximum absolute atomic E-state index is 6.01. The molecule has 1 aromatic rings. The molecular weight excluding hydrogens is 238 g/mol. The van der Waals surface area contributed by atoms with Crippen molar-refractivity contribution in [1.29, 1.82) is 0 Å². The van der Waals surface area contributed by atoms with Crippen molar-refractivity contribution in [2.24, 2.45) is 10.7 Å². The van der Waals surface area contributed by atoms with Crippen LogP contribution in [0.25, 0.3) is 0 Å². The molecule has 4 nitrogen and oxygen atoms in total. The van der Waals surface area contributed by atoms with Crippen LogP contribution in [0.3, 0.4) is 0 Å². The van der Waals surface area contributed by atoms with Gasteiger partial charge in [-0.05, 0) is 25.8 Å². The Kier molecular flexibility index (Phi) is 4.10. The molecule has 1 aliphatic rings. The van der Waals surface area contributed by atoms with E-state index in [-0.39, 0.29) is 5.60 Å². The predicted octanol–water partition coefficient (Wildman–Crippen LogP) is 2.00. The molecule has 19 heavy (non-hydrogen) atoms. The molecule has 0 spiro atoms. The van der Waals surface area contributed by atoms with Crippen LogP contribution in [-0.2, 0) is 11.3 Å². The van der Waals surface area contributed by atoms with E-state index in [0.717, 1.165) is 19.5 Å². The fraction of sp³-hybridized carbons (Fsp3) is 0.533. The van der Waals surface area contributed by atoms with Gasteiger partial charge in [0.2, 0.25) is 0 Å². The van der Waals surface area contributed by atoms with Gasteiger partial charge in [-0.3, -0.25) is 4.99 Å². The average molecular weight is 261 g/mol. The second-order valence-electron chi connectivity index (χ2n) is 5.63. The van der Waals surface area contributed by atoms with Crippen molar-refractivity contribution in [3.63, 3.8) is 0 Å². The van der Waals surface area contributed by atoms with Gasteiger partial charge >= 0.3 is 0 Å². The first kappa shape index (κ1) is 13.9. The van der Waals surface area contributed by atoms with E-state index in [2.05, 4.69) is 35.9 Å². The van der Waals surface area contributed by atoms with E-state index in [4.69, 9.17) is 10.5 Å². The Morgan fingerprint density at radius 2 is 2.05 bits per heavy atom. The molecule has 0 fully saturated rings. The third-order valence-corrected chi connectivity index (χ3v) is 3.67. The summed E-state index contributed by atoms with van der Waals surface area (Å²) in [5.41, 5.74) is 7.11. The summed E-state index contributed by atoms with van der Waals surface area (Å²) in [5, 5.41) is 0. The fourth-order valence-electron chi connectivity index (χ4n) is 2.39. The Bertz CT molecular complexity index is 442. The number of benzene rings is 1. The molecule has 1 aliphatic heterocycles. The van der Waals surface area contributed by atoms with Gasteiger partial charge in [0.15, 0.2) is 5.96 Å². The molecular formula is C15H23N3O. The minimum Gasteiger partial charge on any atom is -0.379 e. The monoisotopic (exact) mass is 261 g/mol. The lowest BCUT2D eigenvalue weighted by molar-refractivity contribution is 0.000911. The van der Waals surface area contributed by atoms with Crippen LogP contribution >= 0.6 is 0 Å². The van der Waals surface area contributed by atoms with E-state index in [9.17, 15) is 0 Å². The third kappa shape index (κ3) is 3.47. The van der Waals surface area contributed by atoms with Crippen molar-refractivity contribution in [3.05, 3.63) is 35.9 Å². The number of nitrogens with two attached hydrogens (primary N) is 1. The summed E-state index contributed by atoms with van der Waals surface area (Å²) in [6.07, 6.45) is 0.917. The standard InChI is InChI=1S/C15H23N3O/c1-15(2,19-3)9-13-10-17-14(16)18(13)11-12-7-5-4-6-8-12/h4-8,13H,9-11H2,1-3H3,(H2,16,17). The molecule has 0 aliphatic carbocycles. The summed E-state index contributed by atoms with van der Waals surface area (Å²) in [7, 11) is 1.75. The molecule has 104 valence electrons. The van der Waals surface area contributed by atoms with Crippen molar-refractivity contribution in [2.75, 3.05) is 13.7 Å². The van der Waals surface area contributed by atoms with Crippen molar-refractivity contribution in [3.8, 4) is 0 Å². The highest BCUT2D eigenvalue weighted by atomic mass is 16.5. The number of rotatable bonds is 5. The van der Waals surface area contributed by atoms with E-state index < -0.39 is 0 Å². The Morgan fingerprint density at radius 3 is 2.68 bits per heavy atom. The lowest BCUT2D eigenvalue weighted by Gasteiger charge is -2.32. The maximum Gasteiger partial charge on any atom is 0.191 e. The van der Waals surface area contributed by atoms with Crippen LogP contribution in [0.15, 0.2) is 35.3 Å². The molecule has 0 saturated carbocycles. The zero-order valence-corrected chi connectivity index (χ0v) is 12.0. The smallest absolute Gasteiger partial charge is 0.191 e. The summed E-state index contributed by atoms with van der Waals surface area (Å²) in [6.45, 7) is 5.76. The van der Waals surface area contributed by atoms with Crippen LogP contribution in [0.4, 0.5) is 0 Å². The van der Waals surface area contributed by atoms with E-state index >= 15 is 0 Å². The summed E-state index contributed by atoms with van der Waals surface area (Å²) < 4.78 is 5.51. The van der Waals surface area contributed by atoms with Gasteiger partial charge in [-0.25, -0.2) is 0 Å². The Morgan fingerprint density at radius 1 is 1.37 bits per heavy atom. The zero-order valence-electron chi connectivity index (χ0n) is 12.0. The summed E-state index contributed by atoms with van der Waals surface area (Å²) in [6, 6.07) is 10.7. The van der Waals surface area contributed by atoms with Gasteiger partial charge in [-0.15, -0.1) is 0 Å². The van der Waals surface area contributed by atoms with Crippen LogP contribution in [0.1, 0.15) is 25.8 Å². The number of hydrogen-bond donors (Lipinski definition) is 1. The zero-order chi connectivity index (χ0) is 13.9. The maximum atomic E-state index is 6.01. The molecule has 4 heteroatoms. The number of nitrogens with zero attached hydrogens (tertiary/aromatic N) is 2. The molecule has 0 bridgehead atoms. The van der Waals surface area contributed by atoms with Crippen molar-refractivity contribution >= 4 is 5.96 Å². The van der Waals surface area contributed by atoms with E-state index in [1.165, 1.54) is 5.56 Å². The lowest BCUT2D eigenvalue weighted by atomic mass is 9.98. The first-order valence-electron chi connectivity index (χ1n) is 6.67.